The summed E-state index contributed by atoms with van der Waals surface area (Å²) in [5.41, 5.74) is 0. The van der Waals surface area contributed by atoms with Crippen LogP contribution in [0.2, 0.25) is 0 Å². The molecule has 4 rings (SSSR count). The minimum Gasteiger partial charge on any atom is -0.335 e. The number of hydrogen-bond donors (Lipinski definition) is 0. The number of hydrogen-bond acceptors (Lipinski definition) is 4. The van der Waals surface area contributed by atoms with Gasteiger partial charge >= 0.3 is 0 Å². The number of rotatable bonds is 1. The van der Waals surface area contributed by atoms with Gasteiger partial charge in [0.15, 0.2) is 6.33 Å². The molecule has 19 heavy (non-hydrogen) atoms. The molecule has 0 unspecified atom stereocenters. The Morgan fingerprint density at radius 2 is 1.84 bits per heavy atom. The number of nitrogens with zero attached hydrogens (tertiary/aromatic N) is 2. The van der Waals surface area contributed by atoms with Crippen LogP contribution in [0.5, 0.6) is 0 Å². The lowest BCUT2D eigenvalue weighted by Crippen LogP contribution is -1.98. The molecule has 0 saturated heterocycles. The summed E-state index contributed by atoms with van der Waals surface area (Å²) < 4.78 is 2.84. The third-order valence-electron chi connectivity index (χ3n) is 2.32. The second-order valence-electron chi connectivity index (χ2n) is 3.58. The monoisotopic (exact) mass is 334 g/mol. The first-order valence-corrected chi connectivity index (χ1v) is 7.56. The molecule has 0 atom stereocenters. The number of alkyl halides is 3. The van der Waals surface area contributed by atoms with Crippen molar-refractivity contribution in [3.05, 3.63) is 42.5 Å². The molecule has 0 radical (unpaired) electrons. The number of thioether (sulfide) groups is 1. The molecular weight excluding hydrogens is 327 g/mol. The predicted octanol–water partition coefficient (Wildman–Crippen LogP) is 4.90. The van der Waals surface area contributed by atoms with Crippen molar-refractivity contribution in [3.63, 3.8) is 0 Å². The zero-order chi connectivity index (χ0) is 13.9. The second kappa shape index (κ2) is 6.18. The Labute approximate surface area is 129 Å². The molecule has 0 aliphatic carbocycles. The lowest BCUT2D eigenvalue weighted by Gasteiger charge is -2.02. The first kappa shape index (κ1) is 14.7. The maximum absolute atomic E-state index is 5.33. The largest absolute Gasteiger partial charge is 0.335 e. The Hall–Kier alpha value is -0.680. The Morgan fingerprint density at radius 3 is 2.11 bits per heavy atom. The average Bonchev–Trinajstić information content (AvgIpc) is 2.94. The molecule has 0 aliphatic rings. The molecule has 1 heterocycles. The molecule has 0 amide bonds. The first-order chi connectivity index (χ1) is 9.00. The van der Waals surface area contributed by atoms with E-state index in [4.69, 9.17) is 34.8 Å². The van der Waals surface area contributed by atoms with Crippen LogP contribution in [0.1, 0.15) is 5.89 Å². The van der Waals surface area contributed by atoms with Crippen molar-refractivity contribution in [2.75, 3.05) is 6.26 Å². The molecule has 3 aromatic carbocycles. The van der Waals surface area contributed by atoms with Gasteiger partial charge in [-0.3, -0.25) is 0 Å². The lowest BCUT2D eigenvalue weighted by atomic mass is 10.1. The third-order valence-corrected chi connectivity index (χ3v) is 3.60. The SMILES string of the molecule is CSc1cc2ccc1cc2.ClC(Cl)(Cl)c1ncno1. The second-order valence-corrected chi connectivity index (χ2v) is 6.71. The van der Waals surface area contributed by atoms with Gasteiger partial charge in [0.1, 0.15) is 0 Å². The van der Waals surface area contributed by atoms with Crippen molar-refractivity contribution < 1.29 is 4.52 Å². The molecule has 7 heteroatoms. The van der Waals surface area contributed by atoms with E-state index in [0.29, 0.717) is 0 Å². The highest BCUT2D eigenvalue weighted by Gasteiger charge is 2.28. The van der Waals surface area contributed by atoms with Gasteiger partial charge in [-0.25, -0.2) is 0 Å². The van der Waals surface area contributed by atoms with Crippen LogP contribution < -0.4 is 0 Å². The van der Waals surface area contributed by atoms with Crippen molar-refractivity contribution >= 4 is 57.3 Å². The van der Waals surface area contributed by atoms with Gasteiger partial charge in [-0.15, -0.1) is 11.8 Å². The van der Waals surface area contributed by atoms with Crippen molar-refractivity contribution in [2.24, 2.45) is 0 Å². The standard InChI is InChI=1S/C9H8S.C3HCl3N2O/c1-10-9-6-7-2-4-8(9)5-3-7;4-3(5,6)2-7-1-8-9-2/h2-6H,1H3;1H. The number of benzene rings is 3. The summed E-state index contributed by atoms with van der Waals surface area (Å²) in [7, 11) is 0. The van der Waals surface area contributed by atoms with Gasteiger partial charge in [-0.05, 0) is 23.1 Å². The van der Waals surface area contributed by atoms with E-state index >= 15 is 0 Å². The maximum atomic E-state index is 5.33. The molecule has 0 spiro atoms. The maximum Gasteiger partial charge on any atom is 0.278 e. The van der Waals surface area contributed by atoms with Crippen molar-refractivity contribution in [2.45, 2.75) is 8.69 Å². The fourth-order valence-corrected chi connectivity index (χ4v) is 2.33. The number of halogens is 3. The zero-order valence-electron chi connectivity index (χ0n) is 9.81. The third kappa shape index (κ3) is 3.89. The molecule has 0 aliphatic heterocycles. The summed E-state index contributed by atoms with van der Waals surface area (Å²) in [6.07, 6.45) is 3.28. The summed E-state index contributed by atoms with van der Waals surface area (Å²) >= 11 is 17.8. The fraction of sp³-hybridized carbons (Fsp3) is 0.167. The highest BCUT2D eigenvalue weighted by atomic mass is 35.6. The van der Waals surface area contributed by atoms with E-state index < -0.39 is 3.79 Å². The van der Waals surface area contributed by atoms with Crippen molar-refractivity contribution in [3.8, 4) is 0 Å². The van der Waals surface area contributed by atoms with Crippen LogP contribution in [0, 0.1) is 0 Å². The molecule has 0 saturated carbocycles. The van der Waals surface area contributed by atoms with E-state index in [9.17, 15) is 0 Å². The Morgan fingerprint density at radius 1 is 1.16 bits per heavy atom. The van der Waals surface area contributed by atoms with E-state index in [-0.39, 0.29) is 5.89 Å². The highest BCUT2D eigenvalue weighted by molar-refractivity contribution is 7.98. The van der Waals surface area contributed by atoms with Gasteiger partial charge in [0.2, 0.25) is 0 Å². The van der Waals surface area contributed by atoms with E-state index in [0.717, 1.165) is 6.33 Å². The predicted molar refractivity (Wildman–Crippen MR) is 80.5 cm³/mol. The number of aromatic nitrogens is 2. The van der Waals surface area contributed by atoms with Gasteiger partial charge < -0.3 is 4.52 Å². The molecule has 1 aromatic heterocycles. The molecule has 0 fully saturated rings. The van der Waals surface area contributed by atoms with Gasteiger partial charge in [-0.1, -0.05) is 64.2 Å². The molecule has 4 aromatic rings. The van der Waals surface area contributed by atoms with Crippen LogP contribution in [0.15, 0.2) is 46.1 Å². The van der Waals surface area contributed by atoms with Gasteiger partial charge in [0.05, 0.1) is 0 Å². The topological polar surface area (TPSA) is 38.9 Å². The molecule has 3 nitrogen and oxygen atoms in total. The van der Waals surface area contributed by atoms with Crippen molar-refractivity contribution in [1.29, 1.82) is 0 Å². The summed E-state index contributed by atoms with van der Waals surface area (Å²) in [5, 5.41) is 5.92. The average molecular weight is 336 g/mol. The lowest BCUT2D eigenvalue weighted by molar-refractivity contribution is 0.381. The molecule has 2 bridgehead atoms. The van der Waals surface area contributed by atoms with Gasteiger partial charge in [0, 0.05) is 4.90 Å². The minimum atomic E-state index is -1.60. The van der Waals surface area contributed by atoms with E-state index in [1.807, 2.05) is 11.8 Å². The van der Waals surface area contributed by atoms with Crippen LogP contribution in [0.4, 0.5) is 0 Å². The smallest absolute Gasteiger partial charge is 0.278 e. The van der Waals surface area contributed by atoms with Crippen LogP contribution in [0.25, 0.3) is 10.8 Å². The van der Waals surface area contributed by atoms with E-state index in [2.05, 4.69) is 51.3 Å². The summed E-state index contributed by atoms with van der Waals surface area (Å²) in [6.45, 7) is 0. The minimum absolute atomic E-state index is 0.0208. The molecule has 0 N–H and O–H groups in total. The quantitative estimate of drug-likeness (QED) is 0.468. The van der Waals surface area contributed by atoms with Crippen LogP contribution >= 0.6 is 46.6 Å². The fourth-order valence-electron chi connectivity index (χ4n) is 1.45. The van der Waals surface area contributed by atoms with Crippen LogP contribution in [-0.4, -0.2) is 16.4 Å². The molecular formula is C12H9Cl3N2OS. The molecule has 100 valence electrons. The van der Waals surface area contributed by atoms with E-state index in [1.165, 1.54) is 15.7 Å². The zero-order valence-corrected chi connectivity index (χ0v) is 12.9. The first-order valence-electron chi connectivity index (χ1n) is 5.20. The summed E-state index contributed by atoms with van der Waals surface area (Å²) in [4.78, 5) is 4.90. The Bertz CT molecular complexity index is 605. The van der Waals surface area contributed by atoms with E-state index in [1.54, 1.807) is 0 Å². The van der Waals surface area contributed by atoms with Gasteiger partial charge in [-0.2, -0.15) is 4.98 Å². The van der Waals surface area contributed by atoms with Crippen LogP contribution in [-0.2, 0) is 3.79 Å². The Balaban J connectivity index is 0.000000141. The van der Waals surface area contributed by atoms with Crippen molar-refractivity contribution in [1.82, 2.24) is 10.1 Å². The summed E-state index contributed by atoms with van der Waals surface area (Å²) in [6, 6.07) is 10.9. The number of fused-ring (bicyclic) bond motifs is 3. The van der Waals surface area contributed by atoms with Gasteiger partial charge in [0.25, 0.3) is 9.68 Å². The normalized spacial score (nSPS) is 11.4. The summed E-state index contributed by atoms with van der Waals surface area (Å²) in [5.74, 6) is -0.0208. The Kier molecular flexibility index (Phi) is 4.79. The van der Waals surface area contributed by atoms with Crippen LogP contribution in [0.3, 0.4) is 0 Å². The highest BCUT2D eigenvalue weighted by Crippen LogP contribution is 2.36.